The Kier molecular flexibility index (Phi) is 6.41. The van der Waals surface area contributed by atoms with Gasteiger partial charge in [0.15, 0.2) is 0 Å². The molecule has 0 heterocycles. The van der Waals surface area contributed by atoms with E-state index in [9.17, 15) is 9.59 Å². The van der Waals surface area contributed by atoms with Crippen molar-refractivity contribution in [2.24, 2.45) is 5.92 Å². The van der Waals surface area contributed by atoms with Gasteiger partial charge in [0, 0.05) is 18.0 Å². The molecule has 0 aliphatic rings. The molecule has 16 heavy (non-hydrogen) atoms. The van der Waals surface area contributed by atoms with E-state index < -0.39 is 0 Å². The summed E-state index contributed by atoms with van der Waals surface area (Å²) < 4.78 is 0. The minimum atomic E-state index is -0.249. The fourth-order valence-electron chi connectivity index (χ4n) is 1.17. The predicted molar refractivity (Wildman–Crippen MR) is 63.7 cm³/mol. The number of hydrogen-bond donors (Lipinski definition) is 2. The molecule has 0 radical (unpaired) electrons. The topological polar surface area (TPSA) is 61.4 Å². The fraction of sp³-hybridized carbons (Fsp3) is 0.636. The third-order valence-corrected chi connectivity index (χ3v) is 1.99. The highest BCUT2D eigenvalue weighted by Gasteiger charge is 2.13. The number of carbonyl (C=O) groups is 2. The van der Waals surface area contributed by atoms with Gasteiger partial charge in [0.2, 0.25) is 11.8 Å². The molecule has 0 spiro atoms. The second kappa shape index (κ2) is 7.00. The van der Waals surface area contributed by atoms with Crippen LogP contribution >= 0.6 is 0 Å². The van der Waals surface area contributed by atoms with E-state index in [1.807, 2.05) is 25.9 Å². The molecule has 1 unspecified atom stereocenters. The van der Waals surface area contributed by atoms with E-state index in [1.54, 1.807) is 6.92 Å². The van der Waals surface area contributed by atoms with Crippen LogP contribution in [0.5, 0.6) is 0 Å². The molecule has 2 amide bonds. The lowest BCUT2D eigenvalue weighted by atomic mass is 10.1. The van der Waals surface area contributed by atoms with E-state index in [-0.39, 0.29) is 24.4 Å². The van der Waals surface area contributed by atoms with Crippen LogP contribution in [0.15, 0.2) is 12.2 Å². The van der Waals surface area contributed by atoms with E-state index in [0.29, 0.717) is 12.1 Å². The summed E-state index contributed by atoms with van der Waals surface area (Å²) in [5, 5.41) is 5.17. The van der Waals surface area contributed by atoms with Gasteiger partial charge in [-0.15, -0.1) is 0 Å². The molecule has 0 rings (SSSR count). The van der Waals surface area contributed by atoms with E-state index in [1.165, 1.54) is 0 Å². The zero-order valence-corrected chi connectivity index (χ0v) is 10.5. The number of nitrogens with one attached hydrogen (secondary N) is 2. The van der Waals surface area contributed by atoms with E-state index >= 15 is 0 Å². The number of amides is 2. The fourth-order valence-corrected chi connectivity index (χ4v) is 1.17. The van der Waals surface area contributed by atoms with Gasteiger partial charge in [-0.05, 0) is 21.0 Å². The number of carbonyl (C=O) groups excluding carboxylic acids is 2. The lowest BCUT2D eigenvalue weighted by Crippen LogP contribution is -2.41. The summed E-state index contributed by atoms with van der Waals surface area (Å²) in [6, 6.07) is 0. The molecule has 0 bridgehead atoms. The van der Waals surface area contributed by atoms with Crippen molar-refractivity contribution >= 4 is 11.8 Å². The molecule has 0 aromatic rings. The van der Waals surface area contributed by atoms with Gasteiger partial charge < -0.3 is 15.5 Å². The second-order valence-corrected chi connectivity index (χ2v) is 4.17. The molecular weight excluding hydrogens is 206 g/mol. The Morgan fingerprint density at radius 2 is 1.88 bits per heavy atom. The Labute approximate surface area is 96.9 Å². The van der Waals surface area contributed by atoms with Crippen molar-refractivity contribution in [1.82, 2.24) is 15.5 Å². The van der Waals surface area contributed by atoms with Gasteiger partial charge >= 0.3 is 0 Å². The van der Waals surface area contributed by atoms with Crippen LogP contribution in [-0.2, 0) is 9.59 Å². The summed E-state index contributed by atoms with van der Waals surface area (Å²) in [4.78, 5) is 24.6. The summed E-state index contributed by atoms with van der Waals surface area (Å²) >= 11 is 0. The molecule has 5 nitrogen and oxygen atoms in total. The Bertz CT molecular complexity index is 274. The number of rotatable bonds is 6. The monoisotopic (exact) mass is 227 g/mol. The van der Waals surface area contributed by atoms with Crippen molar-refractivity contribution in [3.63, 3.8) is 0 Å². The molecule has 0 saturated carbocycles. The highest BCUT2D eigenvalue weighted by Crippen LogP contribution is 1.95. The maximum absolute atomic E-state index is 11.5. The highest BCUT2D eigenvalue weighted by atomic mass is 16.2. The second-order valence-electron chi connectivity index (χ2n) is 4.17. The minimum Gasteiger partial charge on any atom is -0.338 e. The Morgan fingerprint density at radius 1 is 1.31 bits per heavy atom. The van der Waals surface area contributed by atoms with Crippen LogP contribution < -0.4 is 10.6 Å². The molecule has 0 aliphatic heterocycles. The molecule has 0 fully saturated rings. The van der Waals surface area contributed by atoms with Gasteiger partial charge in [-0.1, -0.05) is 13.5 Å². The van der Waals surface area contributed by atoms with Crippen LogP contribution in [0.25, 0.3) is 0 Å². The maximum atomic E-state index is 11.5. The van der Waals surface area contributed by atoms with Crippen molar-refractivity contribution in [3.8, 4) is 0 Å². The summed E-state index contributed by atoms with van der Waals surface area (Å²) in [5.41, 5.74) is 0.426. The zero-order valence-electron chi connectivity index (χ0n) is 10.5. The Morgan fingerprint density at radius 3 is 2.31 bits per heavy atom. The number of hydrogen-bond acceptors (Lipinski definition) is 3. The van der Waals surface area contributed by atoms with Crippen molar-refractivity contribution in [2.75, 3.05) is 27.3 Å². The standard InChI is InChI=1S/C11H21N3O2/c1-8(2)10(15)12-7-13-11(16)9(3)6-14(4)5/h9H,1,6-7H2,2-5H3,(H,12,15)(H,13,16). The van der Waals surface area contributed by atoms with Gasteiger partial charge in [-0.3, -0.25) is 9.59 Å². The summed E-state index contributed by atoms with van der Waals surface area (Å²) in [5.74, 6) is -0.423. The Hall–Kier alpha value is -1.36. The van der Waals surface area contributed by atoms with Gasteiger partial charge in [0.1, 0.15) is 0 Å². The first-order chi connectivity index (χ1) is 7.34. The van der Waals surface area contributed by atoms with Crippen molar-refractivity contribution in [3.05, 3.63) is 12.2 Å². The summed E-state index contributed by atoms with van der Waals surface area (Å²) in [6.07, 6.45) is 0. The molecule has 5 heteroatoms. The van der Waals surface area contributed by atoms with Crippen molar-refractivity contribution < 1.29 is 9.59 Å². The lowest BCUT2D eigenvalue weighted by molar-refractivity contribution is -0.125. The summed E-state index contributed by atoms with van der Waals surface area (Å²) in [7, 11) is 3.82. The predicted octanol–water partition coefficient (Wildman–Crippen LogP) is -0.0499. The molecule has 0 aromatic heterocycles. The van der Waals surface area contributed by atoms with Crippen LogP contribution in [0.4, 0.5) is 0 Å². The third-order valence-electron chi connectivity index (χ3n) is 1.99. The minimum absolute atomic E-state index is 0.0734. The quantitative estimate of drug-likeness (QED) is 0.494. The van der Waals surface area contributed by atoms with E-state index in [4.69, 9.17) is 0 Å². The van der Waals surface area contributed by atoms with Crippen molar-refractivity contribution in [2.45, 2.75) is 13.8 Å². The lowest BCUT2D eigenvalue weighted by Gasteiger charge is -2.16. The zero-order chi connectivity index (χ0) is 12.7. The molecule has 2 N–H and O–H groups in total. The first-order valence-corrected chi connectivity index (χ1v) is 5.20. The molecule has 92 valence electrons. The maximum Gasteiger partial charge on any atom is 0.247 e. The van der Waals surface area contributed by atoms with Gasteiger partial charge in [-0.2, -0.15) is 0 Å². The van der Waals surface area contributed by atoms with Gasteiger partial charge in [-0.25, -0.2) is 0 Å². The van der Waals surface area contributed by atoms with Gasteiger partial charge in [0.25, 0.3) is 0 Å². The first kappa shape index (κ1) is 14.6. The van der Waals surface area contributed by atoms with Crippen LogP contribution in [0, 0.1) is 5.92 Å². The highest BCUT2D eigenvalue weighted by molar-refractivity contribution is 5.92. The Balaban J connectivity index is 3.81. The van der Waals surface area contributed by atoms with Crippen LogP contribution in [0.3, 0.4) is 0 Å². The average molecular weight is 227 g/mol. The van der Waals surface area contributed by atoms with E-state index in [0.717, 1.165) is 0 Å². The first-order valence-electron chi connectivity index (χ1n) is 5.20. The van der Waals surface area contributed by atoms with Gasteiger partial charge in [0.05, 0.1) is 6.67 Å². The summed E-state index contributed by atoms with van der Waals surface area (Å²) in [6.45, 7) is 7.78. The van der Waals surface area contributed by atoms with E-state index in [2.05, 4.69) is 17.2 Å². The van der Waals surface area contributed by atoms with Crippen LogP contribution in [0.1, 0.15) is 13.8 Å². The molecule has 1 atom stereocenters. The SMILES string of the molecule is C=C(C)C(=O)NCNC(=O)C(C)CN(C)C. The van der Waals surface area contributed by atoms with Crippen LogP contribution in [-0.4, -0.2) is 44.0 Å². The largest absolute Gasteiger partial charge is 0.338 e. The smallest absolute Gasteiger partial charge is 0.247 e. The normalized spacial score (nSPS) is 12.1. The number of nitrogens with zero attached hydrogens (tertiary/aromatic N) is 1. The van der Waals surface area contributed by atoms with Crippen molar-refractivity contribution in [1.29, 1.82) is 0 Å². The van der Waals surface area contributed by atoms with Crippen LogP contribution in [0.2, 0.25) is 0 Å². The average Bonchev–Trinajstić information content (AvgIpc) is 2.15. The molecule has 0 aliphatic carbocycles. The molecular formula is C11H21N3O2. The molecule has 0 saturated heterocycles. The third kappa shape index (κ3) is 6.19. The molecule has 0 aromatic carbocycles.